The van der Waals surface area contributed by atoms with E-state index in [0.29, 0.717) is 24.5 Å². The second-order valence-corrected chi connectivity index (χ2v) is 7.66. The van der Waals surface area contributed by atoms with Gasteiger partial charge in [-0.05, 0) is 56.9 Å². The van der Waals surface area contributed by atoms with Crippen LogP contribution in [0.3, 0.4) is 0 Å². The minimum absolute atomic E-state index is 0.0113. The highest BCUT2D eigenvalue weighted by molar-refractivity contribution is 6.00. The van der Waals surface area contributed by atoms with Gasteiger partial charge in [-0.1, -0.05) is 6.42 Å². The molecule has 1 aliphatic carbocycles. The molecule has 1 aromatic carbocycles. The summed E-state index contributed by atoms with van der Waals surface area (Å²) in [6, 6.07) is 7.87. The van der Waals surface area contributed by atoms with Crippen molar-refractivity contribution in [1.82, 2.24) is 9.97 Å². The average molecular weight is 367 g/mol. The molecule has 1 aromatic heterocycles. The predicted molar refractivity (Wildman–Crippen MR) is 99.5 cm³/mol. The molecule has 1 amide bonds. The van der Waals surface area contributed by atoms with Gasteiger partial charge in [0, 0.05) is 24.1 Å². The van der Waals surface area contributed by atoms with Gasteiger partial charge in [-0.2, -0.15) is 0 Å². The van der Waals surface area contributed by atoms with E-state index in [1.165, 1.54) is 18.5 Å². The maximum Gasteiger partial charge on any atom is 0.234 e. The van der Waals surface area contributed by atoms with Gasteiger partial charge >= 0.3 is 0 Å². The van der Waals surface area contributed by atoms with Gasteiger partial charge in [0.15, 0.2) is 0 Å². The van der Waals surface area contributed by atoms with Crippen molar-refractivity contribution in [3.8, 4) is 11.3 Å². The summed E-state index contributed by atoms with van der Waals surface area (Å²) in [5, 5.41) is 0. The molecule has 6 heteroatoms. The maximum atomic E-state index is 13.2. The van der Waals surface area contributed by atoms with E-state index >= 15 is 0 Å². The summed E-state index contributed by atoms with van der Waals surface area (Å²) in [6.45, 7) is 2.23. The highest BCUT2D eigenvalue weighted by Gasteiger charge is 2.50. The van der Waals surface area contributed by atoms with Crippen molar-refractivity contribution in [2.24, 2.45) is 11.3 Å². The van der Waals surface area contributed by atoms with Gasteiger partial charge in [0.25, 0.3) is 0 Å². The minimum Gasteiger partial charge on any atom is -0.300 e. The molecule has 5 nitrogen and oxygen atoms in total. The zero-order valence-electron chi connectivity index (χ0n) is 15.3. The molecular formula is C21H22FN3O2. The molecule has 2 atom stereocenters. The Balaban J connectivity index is 1.60. The van der Waals surface area contributed by atoms with Gasteiger partial charge in [0.05, 0.1) is 11.1 Å². The van der Waals surface area contributed by atoms with Gasteiger partial charge in [-0.15, -0.1) is 0 Å². The number of ketones is 1. The lowest BCUT2D eigenvalue weighted by atomic mass is 9.68. The molecule has 1 spiro atoms. The molecule has 2 fully saturated rings. The fraction of sp³-hybridized carbons (Fsp3) is 0.429. The van der Waals surface area contributed by atoms with Gasteiger partial charge < -0.3 is 0 Å². The number of hydrogen-bond acceptors (Lipinski definition) is 4. The van der Waals surface area contributed by atoms with E-state index in [0.717, 1.165) is 31.2 Å². The van der Waals surface area contributed by atoms with Gasteiger partial charge in [0.1, 0.15) is 23.7 Å². The minimum atomic E-state index is -0.435. The Kier molecular flexibility index (Phi) is 4.50. The summed E-state index contributed by atoms with van der Waals surface area (Å²) in [7, 11) is 0. The van der Waals surface area contributed by atoms with Crippen molar-refractivity contribution in [2.75, 3.05) is 11.4 Å². The highest BCUT2D eigenvalue weighted by Crippen LogP contribution is 2.48. The second kappa shape index (κ2) is 6.83. The number of halogens is 1. The van der Waals surface area contributed by atoms with E-state index in [2.05, 4.69) is 9.97 Å². The first-order valence-corrected chi connectivity index (χ1v) is 9.39. The third-order valence-corrected chi connectivity index (χ3v) is 6.00. The first-order valence-electron chi connectivity index (χ1n) is 9.39. The largest absolute Gasteiger partial charge is 0.300 e. The number of carbonyl (C=O) groups is 2. The van der Waals surface area contributed by atoms with Crippen LogP contribution in [0.2, 0.25) is 0 Å². The van der Waals surface area contributed by atoms with Crippen LogP contribution in [-0.4, -0.2) is 28.2 Å². The van der Waals surface area contributed by atoms with Crippen LogP contribution in [0.4, 0.5) is 10.2 Å². The van der Waals surface area contributed by atoms with E-state index in [1.807, 2.05) is 0 Å². The zero-order chi connectivity index (χ0) is 19.0. The summed E-state index contributed by atoms with van der Waals surface area (Å²) in [5.74, 6) is 0.499. The quantitative estimate of drug-likeness (QED) is 0.828. The van der Waals surface area contributed by atoms with Crippen LogP contribution in [0.25, 0.3) is 11.3 Å². The number of aromatic nitrogens is 2. The molecule has 1 aliphatic heterocycles. The van der Waals surface area contributed by atoms with Crippen molar-refractivity contribution < 1.29 is 14.0 Å². The Morgan fingerprint density at radius 1 is 1.22 bits per heavy atom. The van der Waals surface area contributed by atoms with Crippen molar-refractivity contribution in [3.63, 3.8) is 0 Å². The normalized spacial score (nSPS) is 25.2. The second-order valence-electron chi connectivity index (χ2n) is 7.66. The number of amides is 1. The molecule has 1 saturated carbocycles. The summed E-state index contributed by atoms with van der Waals surface area (Å²) in [5.41, 5.74) is 0.991. The lowest BCUT2D eigenvalue weighted by molar-refractivity contribution is -0.130. The first-order chi connectivity index (χ1) is 13.0. The van der Waals surface area contributed by atoms with Gasteiger partial charge in [0.2, 0.25) is 5.91 Å². The summed E-state index contributed by atoms with van der Waals surface area (Å²) in [6.07, 6.45) is 5.47. The molecule has 27 heavy (non-hydrogen) atoms. The third kappa shape index (κ3) is 3.24. The Labute approximate surface area is 157 Å². The molecule has 0 unspecified atom stereocenters. The number of hydrogen-bond donors (Lipinski definition) is 0. The molecule has 2 heterocycles. The zero-order valence-corrected chi connectivity index (χ0v) is 15.3. The number of nitrogens with zero attached hydrogens (tertiary/aromatic N) is 3. The fourth-order valence-electron chi connectivity index (χ4n) is 4.44. The molecule has 140 valence electrons. The van der Waals surface area contributed by atoms with Crippen molar-refractivity contribution in [2.45, 2.75) is 39.0 Å². The van der Waals surface area contributed by atoms with Crippen LogP contribution in [0, 0.1) is 17.2 Å². The van der Waals surface area contributed by atoms with Crippen LogP contribution >= 0.6 is 0 Å². The van der Waals surface area contributed by atoms with Crippen LogP contribution < -0.4 is 4.90 Å². The number of anilines is 1. The van der Waals surface area contributed by atoms with Crippen LogP contribution in [-0.2, 0) is 9.59 Å². The molecule has 0 radical (unpaired) electrons. The number of Topliss-reactive ketones (excluding diaryl/α,β-unsaturated/α-hetero) is 1. The monoisotopic (exact) mass is 367 g/mol. The lowest BCUT2D eigenvalue weighted by Crippen LogP contribution is -2.39. The molecule has 2 aliphatic rings. The van der Waals surface area contributed by atoms with Gasteiger partial charge in [-0.25, -0.2) is 14.4 Å². The summed E-state index contributed by atoms with van der Waals surface area (Å²) < 4.78 is 13.2. The molecular weight excluding hydrogens is 345 g/mol. The third-order valence-electron chi connectivity index (χ3n) is 6.00. The summed E-state index contributed by atoms with van der Waals surface area (Å²) in [4.78, 5) is 35.4. The van der Waals surface area contributed by atoms with Crippen molar-refractivity contribution in [1.29, 1.82) is 0 Å². The van der Waals surface area contributed by atoms with E-state index in [4.69, 9.17) is 0 Å². The molecule has 0 N–H and O–H groups in total. The SMILES string of the molecule is CC(=O)[C@@H]1CCC[C@]2(CCN(c3cc(-c4ccc(F)cc4)ncn3)C2=O)C1. The van der Waals surface area contributed by atoms with E-state index < -0.39 is 5.41 Å². The van der Waals surface area contributed by atoms with Gasteiger partial charge in [-0.3, -0.25) is 14.5 Å². The maximum absolute atomic E-state index is 13.2. The average Bonchev–Trinajstić information content (AvgIpc) is 2.98. The number of rotatable bonds is 3. The van der Waals surface area contributed by atoms with Crippen LogP contribution in [0.1, 0.15) is 39.0 Å². The highest BCUT2D eigenvalue weighted by atomic mass is 19.1. The molecule has 4 rings (SSSR count). The first kappa shape index (κ1) is 17.8. The van der Waals surface area contributed by atoms with Crippen molar-refractivity contribution >= 4 is 17.5 Å². The lowest BCUT2D eigenvalue weighted by Gasteiger charge is -2.35. The Bertz CT molecular complexity index is 883. The Hall–Kier alpha value is -2.63. The fourth-order valence-corrected chi connectivity index (χ4v) is 4.44. The Morgan fingerprint density at radius 2 is 2.00 bits per heavy atom. The molecule has 0 bridgehead atoms. The smallest absolute Gasteiger partial charge is 0.234 e. The van der Waals surface area contributed by atoms with Crippen molar-refractivity contribution in [3.05, 3.63) is 42.5 Å². The molecule has 1 saturated heterocycles. The predicted octanol–water partition coefficient (Wildman–Crippen LogP) is 3.79. The van der Waals surface area contributed by atoms with E-state index in [-0.39, 0.29) is 23.4 Å². The van der Waals surface area contributed by atoms with E-state index in [9.17, 15) is 14.0 Å². The summed E-state index contributed by atoms with van der Waals surface area (Å²) >= 11 is 0. The Morgan fingerprint density at radius 3 is 2.74 bits per heavy atom. The number of benzene rings is 1. The topological polar surface area (TPSA) is 63.2 Å². The molecule has 2 aromatic rings. The van der Waals surface area contributed by atoms with E-state index in [1.54, 1.807) is 30.0 Å². The van der Waals surface area contributed by atoms with Crippen LogP contribution in [0.15, 0.2) is 36.7 Å². The standard InChI is InChI=1S/C21H22FN3O2/c1-14(26)16-3-2-8-21(12-16)9-10-25(20(21)27)19-11-18(23-13-24-19)15-4-6-17(22)7-5-15/h4-7,11,13,16H,2-3,8-10,12H2,1H3/t16-,21+/m1/s1. The van der Waals surface area contributed by atoms with Crippen LogP contribution in [0.5, 0.6) is 0 Å². The number of carbonyl (C=O) groups excluding carboxylic acids is 2.